The molecule has 0 aromatic carbocycles. The SMILES string of the molecule is CN(C[C@H]1CCCN(C(=O)OC(C)(C)C)C1)C(=O)c1cnccn1. The number of aromatic nitrogens is 2. The molecule has 0 spiro atoms. The van der Waals surface area contributed by atoms with Crippen molar-refractivity contribution in [3.63, 3.8) is 0 Å². The van der Waals surface area contributed by atoms with Crippen LogP contribution in [0.2, 0.25) is 0 Å². The molecule has 0 N–H and O–H groups in total. The summed E-state index contributed by atoms with van der Waals surface area (Å²) in [7, 11) is 1.75. The van der Waals surface area contributed by atoms with Crippen LogP contribution in [0.4, 0.5) is 4.79 Å². The monoisotopic (exact) mass is 334 g/mol. The molecule has 1 aliphatic rings. The minimum Gasteiger partial charge on any atom is -0.444 e. The van der Waals surface area contributed by atoms with Crippen molar-refractivity contribution < 1.29 is 14.3 Å². The summed E-state index contributed by atoms with van der Waals surface area (Å²) in [6.07, 6.45) is 6.12. The lowest BCUT2D eigenvalue weighted by Crippen LogP contribution is -2.46. The predicted octanol–water partition coefficient (Wildman–Crippen LogP) is 2.20. The Labute approximate surface area is 143 Å². The van der Waals surface area contributed by atoms with Gasteiger partial charge in [0, 0.05) is 39.1 Å². The van der Waals surface area contributed by atoms with Crippen molar-refractivity contribution in [2.24, 2.45) is 5.92 Å². The van der Waals surface area contributed by atoms with E-state index >= 15 is 0 Å². The van der Waals surface area contributed by atoms with E-state index in [-0.39, 0.29) is 17.9 Å². The zero-order chi connectivity index (χ0) is 17.7. The van der Waals surface area contributed by atoms with Gasteiger partial charge in [-0.25, -0.2) is 9.78 Å². The van der Waals surface area contributed by atoms with Crippen LogP contribution in [-0.2, 0) is 4.74 Å². The molecule has 1 aromatic heterocycles. The molecule has 24 heavy (non-hydrogen) atoms. The number of carbonyl (C=O) groups excluding carboxylic acids is 2. The van der Waals surface area contributed by atoms with Gasteiger partial charge in [-0.1, -0.05) is 0 Å². The summed E-state index contributed by atoms with van der Waals surface area (Å²) < 4.78 is 5.44. The Kier molecular flexibility index (Phi) is 5.75. The van der Waals surface area contributed by atoms with Gasteiger partial charge in [0.05, 0.1) is 6.20 Å². The molecular weight excluding hydrogens is 308 g/mol. The first-order chi connectivity index (χ1) is 11.3. The van der Waals surface area contributed by atoms with E-state index in [1.807, 2.05) is 20.8 Å². The Bertz CT molecular complexity index is 571. The Morgan fingerprint density at radius 3 is 2.75 bits per heavy atom. The number of amides is 2. The summed E-state index contributed by atoms with van der Waals surface area (Å²) in [4.78, 5) is 35.9. The maximum Gasteiger partial charge on any atom is 0.410 e. The molecule has 132 valence electrons. The third kappa shape index (κ3) is 5.18. The predicted molar refractivity (Wildman–Crippen MR) is 89.5 cm³/mol. The van der Waals surface area contributed by atoms with Gasteiger partial charge < -0.3 is 14.5 Å². The Balaban J connectivity index is 1.90. The number of likely N-dealkylation sites (tertiary alicyclic amines) is 1. The van der Waals surface area contributed by atoms with E-state index in [1.165, 1.54) is 18.6 Å². The lowest BCUT2D eigenvalue weighted by atomic mass is 9.97. The summed E-state index contributed by atoms with van der Waals surface area (Å²) in [6, 6.07) is 0. The molecule has 1 aromatic rings. The summed E-state index contributed by atoms with van der Waals surface area (Å²) in [5, 5.41) is 0. The van der Waals surface area contributed by atoms with Crippen molar-refractivity contribution in [1.29, 1.82) is 0 Å². The first-order valence-corrected chi connectivity index (χ1v) is 8.25. The second-order valence-electron chi connectivity index (χ2n) is 7.21. The van der Waals surface area contributed by atoms with Crippen LogP contribution in [0.5, 0.6) is 0 Å². The highest BCUT2D eigenvalue weighted by Gasteiger charge is 2.29. The molecule has 0 unspecified atom stereocenters. The molecule has 1 aliphatic heterocycles. The molecule has 7 nitrogen and oxygen atoms in total. The second kappa shape index (κ2) is 7.59. The molecule has 1 atom stereocenters. The van der Waals surface area contributed by atoms with E-state index in [0.717, 1.165) is 12.8 Å². The highest BCUT2D eigenvalue weighted by molar-refractivity contribution is 5.91. The molecule has 7 heteroatoms. The number of carbonyl (C=O) groups is 2. The smallest absolute Gasteiger partial charge is 0.410 e. The minimum absolute atomic E-state index is 0.155. The maximum absolute atomic E-state index is 12.3. The zero-order valence-corrected chi connectivity index (χ0v) is 14.9. The topological polar surface area (TPSA) is 75.6 Å². The van der Waals surface area contributed by atoms with Gasteiger partial charge in [0.25, 0.3) is 5.91 Å². The third-order valence-electron chi connectivity index (χ3n) is 3.83. The van der Waals surface area contributed by atoms with Crippen molar-refractivity contribution in [3.8, 4) is 0 Å². The Hall–Kier alpha value is -2.18. The number of hydrogen-bond donors (Lipinski definition) is 0. The van der Waals surface area contributed by atoms with Gasteiger partial charge >= 0.3 is 6.09 Å². The maximum atomic E-state index is 12.3. The third-order valence-corrected chi connectivity index (χ3v) is 3.83. The number of ether oxygens (including phenoxy) is 1. The van der Waals surface area contributed by atoms with Gasteiger partial charge in [0.1, 0.15) is 11.3 Å². The summed E-state index contributed by atoms with van der Waals surface area (Å²) in [5.74, 6) is 0.0781. The normalized spacial score (nSPS) is 18.2. The molecule has 2 amide bonds. The van der Waals surface area contributed by atoms with Gasteiger partial charge in [-0.15, -0.1) is 0 Å². The van der Waals surface area contributed by atoms with Crippen LogP contribution in [0.3, 0.4) is 0 Å². The van der Waals surface area contributed by atoms with Gasteiger partial charge in [-0.05, 0) is 39.5 Å². The van der Waals surface area contributed by atoms with Crippen LogP contribution >= 0.6 is 0 Å². The molecule has 0 saturated carbocycles. The molecular formula is C17H26N4O3. The highest BCUT2D eigenvalue weighted by atomic mass is 16.6. The lowest BCUT2D eigenvalue weighted by Gasteiger charge is -2.35. The lowest BCUT2D eigenvalue weighted by molar-refractivity contribution is 0.0151. The van der Waals surface area contributed by atoms with E-state index in [2.05, 4.69) is 9.97 Å². The minimum atomic E-state index is -0.497. The molecule has 0 bridgehead atoms. The fraction of sp³-hybridized carbons (Fsp3) is 0.647. The second-order valence-corrected chi connectivity index (χ2v) is 7.21. The molecule has 0 radical (unpaired) electrons. The van der Waals surface area contributed by atoms with Crippen LogP contribution in [0, 0.1) is 5.92 Å². The zero-order valence-electron chi connectivity index (χ0n) is 14.9. The van der Waals surface area contributed by atoms with Crippen molar-refractivity contribution in [2.75, 3.05) is 26.7 Å². The number of nitrogens with zero attached hydrogens (tertiary/aromatic N) is 4. The van der Waals surface area contributed by atoms with E-state index < -0.39 is 5.60 Å². The highest BCUT2D eigenvalue weighted by Crippen LogP contribution is 2.20. The van der Waals surface area contributed by atoms with Crippen LogP contribution in [0.1, 0.15) is 44.1 Å². The van der Waals surface area contributed by atoms with Crippen molar-refractivity contribution >= 4 is 12.0 Å². The van der Waals surface area contributed by atoms with Crippen LogP contribution in [0.15, 0.2) is 18.6 Å². The van der Waals surface area contributed by atoms with Gasteiger partial charge in [-0.3, -0.25) is 9.78 Å². The molecule has 1 saturated heterocycles. The van der Waals surface area contributed by atoms with Crippen LogP contribution < -0.4 is 0 Å². The van der Waals surface area contributed by atoms with E-state index in [9.17, 15) is 9.59 Å². The fourth-order valence-corrected chi connectivity index (χ4v) is 2.78. The summed E-state index contributed by atoms with van der Waals surface area (Å²) >= 11 is 0. The average Bonchev–Trinajstić information content (AvgIpc) is 2.53. The van der Waals surface area contributed by atoms with Gasteiger partial charge in [0.15, 0.2) is 0 Å². The summed E-state index contributed by atoms with van der Waals surface area (Å²) in [5.41, 5.74) is -0.164. The first kappa shape index (κ1) is 18.2. The van der Waals surface area contributed by atoms with E-state index in [0.29, 0.717) is 25.3 Å². The van der Waals surface area contributed by atoms with Crippen molar-refractivity contribution in [2.45, 2.75) is 39.2 Å². The number of rotatable bonds is 3. The fourth-order valence-electron chi connectivity index (χ4n) is 2.78. The standard InChI is InChI=1S/C17H26N4O3/c1-17(2,3)24-16(23)21-9-5-6-13(12-21)11-20(4)15(22)14-10-18-7-8-19-14/h7-8,10,13H,5-6,9,11-12H2,1-4H3/t13-/m1/s1. The quantitative estimate of drug-likeness (QED) is 0.847. The molecule has 0 aliphatic carbocycles. The number of hydrogen-bond acceptors (Lipinski definition) is 5. The van der Waals surface area contributed by atoms with Crippen molar-refractivity contribution in [1.82, 2.24) is 19.8 Å². The number of piperidine rings is 1. The first-order valence-electron chi connectivity index (χ1n) is 8.25. The Morgan fingerprint density at radius 1 is 1.38 bits per heavy atom. The van der Waals surface area contributed by atoms with E-state index in [1.54, 1.807) is 16.8 Å². The van der Waals surface area contributed by atoms with E-state index in [4.69, 9.17) is 4.74 Å². The van der Waals surface area contributed by atoms with Crippen LogP contribution in [-0.4, -0.2) is 64.1 Å². The molecule has 1 fully saturated rings. The summed E-state index contributed by atoms with van der Waals surface area (Å²) in [6.45, 7) is 7.47. The molecule has 2 rings (SSSR count). The molecule has 2 heterocycles. The Morgan fingerprint density at radius 2 is 2.12 bits per heavy atom. The van der Waals surface area contributed by atoms with Gasteiger partial charge in [0.2, 0.25) is 0 Å². The van der Waals surface area contributed by atoms with Crippen LogP contribution in [0.25, 0.3) is 0 Å². The largest absolute Gasteiger partial charge is 0.444 e. The van der Waals surface area contributed by atoms with Crippen molar-refractivity contribution in [3.05, 3.63) is 24.3 Å². The van der Waals surface area contributed by atoms with Gasteiger partial charge in [-0.2, -0.15) is 0 Å². The average molecular weight is 334 g/mol.